The predicted octanol–water partition coefficient (Wildman–Crippen LogP) is 13.5. The quantitative estimate of drug-likeness (QED) is 0.176. The Hall–Kier alpha value is -7.10. The third-order valence-electron chi connectivity index (χ3n) is 10.1. The predicted molar refractivity (Wildman–Crippen MR) is 219 cm³/mol. The molecule has 0 saturated heterocycles. The van der Waals surface area contributed by atoms with Crippen LogP contribution in [0.15, 0.2) is 199 Å². The highest BCUT2D eigenvalue weighted by atomic mass is 16.3. The highest BCUT2D eigenvalue weighted by Crippen LogP contribution is 2.34. The number of hydrogen-bond donors (Lipinski definition) is 0. The van der Waals surface area contributed by atoms with Crippen LogP contribution in [0.4, 0.5) is 0 Å². The molecule has 0 bridgehead atoms. The summed E-state index contributed by atoms with van der Waals surface area (Å²) in [7, 11) is 0. The van der Waals surface area contributed by atoms with Crippen molar-refractivity contribution < 1.29 is 4.42 Å². The molecule has 0 aliphatic heterocycles. The average molecular weight is 677 g/mol. The Morgan fingerprint density at radius 1 is 0.283 bits per heavy atom. The Bertz CT molecular complexity index is 2910. The smallest absolute Gasteiger partial charge is 0.160 e. The number of rotatable bonds is 6. The molecule has 2 heterocycles. The van der Waals surface area contributed by atoms with Crippen molar-refractivity contribution in [1.29, 1.82) is 0 Å². The summed E-state index contributed by atoms with van der Waals surface area (Å²) in [6.45, 7) is 0. The van der Waals surface area contributed by atoms with Gasteiger partial charge in [-0.05, 0) is 74.5 Å². The Labute approximate surface area is 307 Å². The number of furan rings is 1. The number of fused-ring (bicyclic) bond motifs is 4. The van der Waals surface area contributed by atoms with Gasteiger partial charge in [0.1, 0.15) is 11.2 Å². The summed E-state index contributed by atoms with van der Waals surface area (Å²) in [5.74, 6) is 0.706. The van der Waals surface area contributed by atoms with E-state index in [4.69, 9.17) is 14.4 Å². The zero-order valence-corrected chi connectivity index (χ0v) is 28.8. The molecule has 0 spiro atoms. The second-order valence-electron chi connectivity index (χ2n) is 13.4. The van der Waals surface area contributed by atoms with Gasteiger partial charge in [-0.25, -0.2) is 9.97 Å². The van der Waals surface area contributed by atoms with Crippen LogP contribution < -0.4 is 0 Å². The summed E-state index contributed by atoms with van der Waals surface area (Å²) in [6, 6.07) is 68.1. The van der Waals surface area contributed by atoms with Crippen LogP contribution in [-0.2, 0) is 0 Å². The van der Waals surface area contributed by atoms with Crippen molar-refractivity contribution in [3.63, 3.8) is 0 Å². The molecule has 0 fully saturated rings. The average Bonchev–Trinajstić information content (AvgIpc) is 3.62. The van der Waals surface area contributed by atoms with Gasteiger partial charge in [-0.15, -0.1) is 0 Å². The van der Waals surface area contributed by atoms with Gasteiger partial charge >= 0.3 is 0 Å². The van der Waals surface area contributed by atoms with Crippen molar-refractivity contribution in [3.8, 4) is 67.3 Å². The Morgan fingerprint density at radius 2 is 0.755 bits per heavy atom. The number of hydrogen-bond acceptors (Lipinski definition) is 3. The van der Waals surface area contributed by atoms with E-state index >= 15 is 0 Å². The fourth-order valence-electron chi connectivity index (χ4n) is 7.26. The second kappa shape index (κ2) is 12.9. The van der Waals surface area contributed by atoms with E-state index in [1.165, 1.54) is 21.9 Å². The Kier molecular flexibility index (Phi) is 7.47. The van der Waals surface area contributed by atoms with Gasteiger partial charge in [-0.2, -0.15) is 0 Å². The molecular weight excluding hydrogens is 645 g/mol. The van der Waals surface area contributed by atoms with E-state index in [2.05, 4.69) is 164 Å². The molecule has 0 atom stereocenters. The summed E-state index contributed by atoms with van der Waals surface area (Å²) >= 11 is 0. The number of benzene rings is 8. The molecule has 53 heavy (non-hydrogen) atoms. The highest BCUT2D eigenvalue weighted by molar-refractivity contribution is 6.05. The fourth-order valence-corrected chi connectivity index (χ4v) is 7.26. The normalized spacial score (nSPS) is 11.4. The lowest BCUT2D eigenvalue weighted by molar-refractivity contribution is 0.669. The lowest BCUT2D eigenvalue weighted by atomic mass is 9.98. The van der Waals surface area contributed by atoms with Crippen molar-refractivity contribution in [2.45, 2.75) is 0 Å². The first-order valence-electron chi connectivity index (χ1n) is 17.9. The molecule has 3 heteroatoms. The monoisotopic (exact) mass is 676 g/mol. The minimum Gasteiger partial charge on any atom is -0.456 e. The van der Waals surface area contributed by atoms with Gasteiger partial charge in [-0.3, -0.25) is 0 Å². The van der Waals surface area contributed by atoms with Gasteiger partial charge in [0.05, 0.1) is 11.4 Å². The summed E-state index contributed by atoms with van der Waals surface area (Å²) in [5.41, 5.74) is 13.6. The Morgan fingerprint density at radius 3 is 1.42 bits per heavy atom. The van der Waals surface area contributed by atoms with E-state index in [-0.39, 0.29) is 0 Å². The maximum atomic E-state index is 6.14. The third kappa shape index (κ3) is 5.85. The van der Waals surface area contributed by atoms with Crippen LogP contribution in [0.25, 0.3) is 100.0 Å². The summed E-state index contributed by atoms with van der Waals surface area (Å²) < 4.78 is 6.14. The summed E-state index contributed by atoms with van der Waals surface area (Å²) in [5, 5.41) is 4.77. The largest absolute Gasteiger partial charge is 0.456 e. The molecule has 0 aliphatic carbocycles. The van der Waals surface area contributed by atoms with Crippen LogP contribution in [0.1, 0.15) is 0 Å². The fraction of sp³-hybridized carbons (Fsp3) is 0. The van der Waals surface area contributed by atoms with Crippen molar-refractivity contribution in [2.75, 3.05) is 0 Å². The zero-order chi connectivity index (χ0) is 35.1. The minimum atomic E-state index is 0.706. The second-order valence-corrected chi connectivity index (χ2v) is 13.4. The van der Waals surface area contributed by atoms with Gasteiger partial charge in [0.25, 0.3) is 0 Å². The van der Waals surface area contributed by atoms with E-state index in [9.17, 15) is 0 Å². The number of para-hydroxylation sites is 1. The van der Waals surface area contributed by atoms with Crippen LogP contribution in [0.3, 0.4) is 0 Å². The van der Waals surface area contributed by atoms with Gasteiger partial charge < -0.3 is 4.42 Å². The van der Waals surface area contributed by atoms with Gasteiger partial charge in [0.15, 0.2) is 5.82 Å². The highest BCUT2D eigenvalue weighted by Gasteiger charge is 2.13. The molecule has 3 nitrogen and oxygen atoms in total. The zero-order valence-electron chi connectivity index (χ0n) is 28.8. The van der Waals surface area contributed by atoms with Crippen molar-refractivity contribution in [1.82, 2.24) is 9.97 Å². The standard InChI is InChI=1S/C50H32N2O/c1-2-9-40(10-3-1)50-51-46(32-47(52-50)39-25-20-36(21-26-39)42-27-22-33-8-4-5-11-41(33)30-42)38-23-18-35(19-24-38)34-14-16-37(17-15-34)43-28-29-45-44-12-6-7-13-48(44)53-49(45)31-43/h1-32H. The van der Waals surface area contributed by atoms with Gasteiger partial charge in [0, 0.05) is 27.5 Å². The van der Waals surface area contributed by atoms with E-state index < -0.39 is 0 Å². The summed E-state index contributed by atoms with van der Waals surface area (Å²) in [6.07, 6.45) is 0. The Balaban J connectivity index is 0.945. The van der Waals surface area contributed by atoms with Crippen LogP contribution in [0, 0.1) is 0 Å². The van der Waals surface area contributed by atoms with Crippen molar-refractivity contribution in [2.24, 2.45) is 0 Å². The molecule has 10 rings (SSSR count). The van der Waals surface area contributed by atoms with Crippen LogP contribution in [0.5, 0.6) is 0 Å². The summed E-state index contributed by atoms with van der Waals surface area (Å²) in [4.78, 5) is 10.1. The van der Waals surface area contributed by atoms with Crippen molar-refractivity contribution >= 4 is 32.7 Å². The van der Waals surface area contributed by atoms with Crippen molar-refractivity contribution in [3.05, 3.63) is 194 Å². The maximum Gasteiger partial charge on any atom is 0.160 e. The van der Waals surface area contributed by atoms with E-state index in [0.29, 0.717) is 5.82 Å². The molecule has 8 aromatic carbocycles. The molecule has 248 valence electrons. The van der Waals surface area contributed by atoms with E-state index in [1.807, 2.05) is 30.3 Å². The SMILES string of the molecule is c1ccc(-c2nc(-c3ccc(-c4ccc(-c5ccc6c(c5)oc5ccccc56)cc4)cc3)cc(-c3ccc(-c4ccc5ccccc5c4)cc3)n2)cc1. The third-order valence-corrected chi connectivity index (χ3v) is 10.1. The first kappa shape index (κ1) is 30.7. The molecule has 10 aromatic rings. The molecule has 0 radical (unpaired) electrons. The van der Waals surface area contributed by atoms with Gasteiger partial charge in [-0.1, -0.05) is 164 Å². The molecule has 0 saturated carbocycles. The van der Waals surface area contributed by atoms with Crippen LogP contribution in [0.2, 0.25) is 0 Å². The molecular formula is C50H32N2O. The molecule has 0 amide bonds. The van der Waals surface area contributed by atoms with Crippen LogP contribution >= 0.6 is 0 Å². The lowest BCUT2D eigenvalue weighted by Gasteiger charge is -2.11. The first-order valence-corrected chi connectivity index (χ1v) is 17.9. The number of nitrogens with zero attached hydrogens (tertiary/aromatic N) is 2. The van der Waals surface area contributed by atoms with E-state index in [0.717, 1.165) is 72.3 Å². The lowest BCUT2D eigenvalue weighted by Crippen LogP contribution is -1.96. The van der Waals surface area contributed by atoms with E-state index in [1.54, 1.807) is 0 Å². The minimum absolute atomic E-state index is 0.706. The molecule has 2 aromatic heterocycles. The maximum absolute atomic E-state index is 6.14. The van der Waals surface area contributed by atoms with Gasteiger partial charge in [0.2, 0.25) is 0 Å². The number of aromatic nitrogens is 2. The topological polar surface area (TPSA) is 38.9 Å². The molecule has 0 N–H and O–H groups in total. The van der Waals surface area contributed by atoms with Crippen LogP contribution in [-0.4, -0.2) is 9.97 Å². The molecule has 0 unspecified atom stereocenters. The first-order chi connectivity index (χ1) is 26.2. The molecule has 0 aliphatic rings.